The predicted octanol–water partition coefficient (Wildman–Crippen LogP) is -0.276. The third-order valence-electron chi connectivity index (χ3n) is 2.35. The Morgan fingerprint density at radius 3 is 2.59 bits per heavy atom. The molecule has 1 aromatic rings. The van der Waals surface area contributed by atoms with Gasteiger partial charge < -0.3 is 14.2 Å². The van der Waals surface area contributed by atoms with Crippen molar-refractivity contribution in [2.75, 3.05) is 25.7 Å². The summed E-state index contributed by atoms with van der Waals surface area (Å²) in [6.07, 6.45) is 1.69. The van der Waals surface area contributed by atoms with Crippen molar-refractivity contribution in [2.45, 2.75) is 18.9 Å². The van der Waals surface area contributed by atoms with E-state index >= 15 is 0 Å². The standard InChI is InChI=1S/C9H15N5O3/c1-15-8-11-7(14-10)12-9(13-8)17-6-2-4-16-5-3-6/h6H,2-5,10H2,1H3,(H,11,12,13,14). The molecule has 1 saturated heterocycles. The lowest BCUT2D eigenvalue weighted by molar-refractivity contribution is 0.0214. The second kappa shape index (κ2) is 5.60. The van der Waals surface area contributed by atoms with Gasteiger partial charge in [0.2, 0.25) is 5.95 Å². The van der Waals surface area contributed by atoms with Crippen LogP contribution < -0.4 is 20.7 Å². The number of nitrogens with one attached hydrogen (secondary N) is 1. The highest BCUT2D eigenvalue weighted by molar-refractivity contribution is 5.25. The number of rotatable bonds is 4. The fourth-order valence-electron chi connectivity index (χ4n) is 1.49. The fraction of sp³-hybridized carbons (Fsp3) is 0.667. The quantitative estimate of drug-likeness (QED) is 0.548. The molecule has 2 rings (SSSR count). The second-order valence-corrected chi connectivity index (χ2v) is 3.50. The molecule has 0 bridgehead atoms. The molecule has 0 saturated carbocycles. The minimum atomic E-state index is 0.0569. The van der Waals surface area contributed by atoms with E-state index in [0.29, 0.717) is 13.2 Å². The highest BCUT2D eigenvalue weighted by Gasteiger charge is 2.17. The van der Waals surface area contributed by atoms with Crippen LogP contribution in [0.5, 0.6) is 12.0 Å². The van der Waals surface area contributed by atoms with Gasteiger partial charge in [-0.1, -0.05) is 0 Å². The van der Waals surface area contributed by atoms with Crippen LogP contribution in [0.2, 0.25) is 0 Å². The van der Waals surface area contributed by atoms with Gasteiger partial charge in [0.1, 0.15) is 6.10 Å². The van der Waals surface area contributed by atoms with Crippen LogP contribution in [0.15, 0.2) is 0 Å². The van der Waals surface area contributed by atoms with Crippen LogP contribution in [0.4, 0.5) is 5.95 Å². The van der Waals surface area contributed by atoms with E-state index in [-0.39, 0.29) is 24.1 Å². The summed E-state index contributed by atoms with van der Waals surface area (Å²) in [6, 6.07) is 0.367. The number of methoxy groups -OCH3 is 1. The summed E-state index contributed by atoms with van der Waals surface area (Å²) in [5.74, 6) is 5.45. The Labute approximate surface area is 98.5 Å². The molecule has 0 unspecified atom stereocenters. The van der Waals surface area contributed by atoms with Crippen LogP contribution in [0, 0.1) is 0 Å². The molecule has 17 heavy (non-hydrogen) atoms. The highest BCUT2D eigenvalue weighted by atomic mass is 16.5. The van der Waals surface area contributed by atoms with Gasteiger partial charge in [-0.05, 0) is 0 Å². The lowest BCUT2D eigenvalue weighted by Crippen LogP contribution is -2.27. The maximum absolute atomic E-state index is 5.62. The molecule has 0 aromatic carbocycles. The third-order valence-corrected chi connectivity index (χ3v) is 2.35. The lowest BCUT2D eigenvalue weighted by Gasteiger charge is -2.22. The summed E-state index contributed by atoms with van der Waals surface area (Å²) in [5.41, 5.74) is 2.33. The molecular formula is C9H15N5O3. The Balaban J connectivity index is 2.07. The minimum Gasteiger partial charge on any atom is -0.467 e. The van der Waals surface area contributed by atoms with Crippen molar-refractivity contribution >= 4 is 5.95 Å². The van der Waals surface area contributed by atoms with Gasteiger partial charge in [-0.2, -0.15) is 9.97 Å². The average Bonchev–Trinajstić information content (AvgIpc) is 2.39. The number of hydrazine groups is 1. The summed E-state index contributed by atoms with van der Waals surface area (Å²) in [4.78, 5) is 11.9. The van der Waals surface area contributed by atoms with Crippen molar-refractivity contribution in [3.63, 3.8) is 0 Å². The molecule has 0 spiro atoms. The Morgan fingerprint density at radius 1 is 1.24 bits per heavy atom. The van der Waals surface area contributed by atoms with Crippen molar-refractivity contribution in [3.05, 3.63) is 0 Å². The number of nitrogen functional groups attached to an aromatic ring is 1. The zero-order valence-electron chi connectivity index (χ0n) is 9.55. The van der Waals surface area contributed by atoms with Crippen molar-refractivity contribution in [1.29, 1.82) is 0 Å². The predicted molar refractivity (Wildman–Crippen MR) is 58.7 cm³/mol. The zero-order valence-corrected chi connectivity index (χ0v) is 9.55. The summed E-state index contributed by atoms with van der Waals surface area (Å²) < 4.78 is 15.8. The molecule has 3 N–H and O–H groups in total. The second-order valence-electron chi connectivity index (χ2n) is 3.50. The molecule has 0 amide bonds. The van der Waals surface area contributed by atoms with Crippen LogP contribution in [0.25, 0.3) is 0 Å². The van der Waals surface area contributed by atoms with Crippen molar-refractivity contribution < 1.29 is 14.2 Å². The van der Waals surface area contributed by atoms with Crippen molar-refractivity contribution in [2.24, 2.45) is 5.84 Å². The largest absolute Gasteiger partial charge is 0.467 e. The first-order chi connectivity index (χ1) is 8.31. The average molecular weight is 241 g/mol. The van der Waals surface area contributed by atoms with Gasteiger partial charge in [0.25, 0.3) is 0 Å². The van der Waals surface area contributed by atoms with Crippen LogP contribution in [-0.2, 0) is 4.74 Å². The lowest BCUT2D eigenvalue weighted by atomic mass is 10.2. The number of anilines is 1. The van der Waals surface area contributed by atoms with Gasteiger partial charge in [-0.3, -0.25) is 5.43 Å². The van der Waals surface area contributed by atoms with E-state index in [1.807, 2.05) is 0 Å². The Kier molecular flexibility index (Phi) is 3.89. The van der Waals surface area contributed by atoms with Gasteiger partial charge >= 0.3 is 12.0 Å². The normalized spacial score (nSPS) is 16.6. The van der Waals surface area contributed by atoms with E-state index in [0.717, 1.165) is 12.8 Å². The Hall–Kier alpha value is -1.67. The number of hydrogen-bond donors (Lipinski definition) is 2. The zero-order chi connectivity index (χ0) is 12.1. The van der Waals surface area contributed by atoms with Gasteiger partial charge in [-0.25, -0.2) is 5.84 Å². The number of aromatic nitrogens is 3. The molecule has 94 valence electrons. The van der Waals surface area contributed by atoms with Gasteiger partial charge in [0, 0.05) is 12.8 Å². The van der Waals surface area contributed by atoms with E-state index < -0.39 is 0 Å². The molecule has 8 nitrogen and oxygen atoms in total. The van der Waals surface area contributed by atoms with Crippen LogP contribution in [-0.4, -0.2) is 41.4 Å². The minimum absolute atomic E-state index is 0.0569. The monoisotopic (exact) mass is 241 g/mol. The SMILES string of the molecule is COc1nc(NN)nc(OC2CCOCC2)n1. The van der Waals surface area contributed by atoms with Gasteiger partial charge in [-0.15, -0.1) is 4.98 Å². The first kappa shape index (κ1) is 11.8. The molecular weight excluding hydrogens is 226 g/mol. The summed E-state index contributed by atoms with van der Waals surface area (Å²) in [6.45, 7) is 1.38. The van der Waals surface area contributed by atoms with Crippen LogP contribution >= 0.6 is 0 Å². The topological polar surface area (TPSA) is 104 Å². The van der Waals surface area contributed by atoms with E-state index in [9.17, 15) is 0 Å². The van der Waals surface area contributed by atoms with Crippen LogP contribution in [0.1, 0.15) is 12.8 Å². The van der Waals surface area contributed by atoms with Crippen molar-refractivity contribution in [1.82, 2.24) is 15.0 Å². The molecule has 1 aliphatic heterocycles. The summed E-state index contributed by atoms with van der Waals surface area (Å²) >= 11 is 0. The highest BCUT2D eigenvalue weighted by Crippen LogP contribution is 2.17. The van der Waals surface area contributed by atoms with Gasteiger partial charge in [0.05, 0.1) is 20.3 Å². The van der Waals surface area contributed by atoms with E-state index in [1.165, 1.54) is 7.11 Å². The molecule has 1 fully saturated rings. The summed E-state index contributed by atoms with van der Waals surface area (Å²) in [7, 11) is 1.47. The summed E-state index contributed by atoms with van der Waals surface area (Å²) in [5, 5.41) is 0. The number of nitrogens with zero attached hydrogens (tertiary/aromatic N) is 3. The first-order valence-electron chi connectivity index (χ1n) is 5.33. The molecule has 0 atom stereocenters. The molecule has 0 aliphatic carbocycles. The fourth-order valence-corrected chi connectivity index (χ4v) is 1.49. The molecule has 2 heterocycles. The maximum atomic E-state index is 5.62. The van der Waals surface area contributed by atoms with E-state index in [4.69, 9.17) is 20.1 Å². The first-order valence-corrected chi connectivity index (χ1v) is 5.33. The maximum Gasteiger partial charge on any atom is 0.324 e. The number of ether oxygens (including phenoxy) is 3. The van der Waals surface area contributed by atoms with E-state index in [2.05, 4.69) is 20.4 Å². The smallest absolute Gasteiger partial charge is 0.324 e. The number of nitrogens with two attached hydrogens (primary N) is 1. The number of hydrogen-bond acceptors (Lipinski definition) is 8. The van der Waals surface area contributed by atoms with Crippen LogP contribution in [0.3, 0.4) is 0 Å². The molecule has 0 radical (unpaired) electrons. The molecule has 1 aromatic heterocycles. The Morgan fingerprint density at radius 2 is 1.94 bits per heavy atom. The third kappa shape index (κ3) is 3.14. The molecule has 1 aliphatic rings. The Bertz CT molecular complexity index is 347. The van der Waals surface area contributed by atoms with Crippen molar-refractivity contribution in [3.8, 4) is 12.0 Å². The molecule has 8 heteroatoms. The van der Waals surface area contributed by atoms with E-state index in [1.54, 1.807) is 0 Å². The van der Waals surface area contributed by atoms with Gasteiger partial charge in [0.15, 0.2) is 0 Å².